The van der Waals surface area contributed by atoms with Gasteiger partial charge in [0.1, 0.15) is 6.26 Å². The van der Waals surface area contributed by atoms with Gasteiger partial charge < -0.3 is 15.2 Å². The minimum absolute atomic E-state index is 0.234. The van der Waals surface area contributed by atoms with Gasteiger partial charge in [-0.1, -0.05) is 16.8 Å². The van der Waals surface area contributed by atoms with Gasteiger partial charge in [0, 0.05) is 30.4 Å². The molecule has 0 bridgehead atoms. The summed E-state index contributed by atoms with van der Waals surface area (Å²) in [6.07, 6.45) is 1.36. The fourth-order valence-electron chi connectivity index (χ4n) is 1.56. The monoisotopic (exact) mass is 265 g/mol. The van der Waals surface area contributed by atoms with Gasteiger partial charge in [-0.15, -0.1) is 0 Å². The van der Waals surface area contributed by atoms with Crippen molar-refractivity contribution >= 4 is 23.2 Å². The first-order valence-electron chi connectivity index (χ1n) is 5.27. The Morgan fingerprint density at radius 3 is 2.94 bits per heavy atom. The number of nitrogen functional groups attached to an aromatic ring is 1. The van der Waals surface area contributed by atoms with E-state index in [0.717, 1.165) is 5.56 Å². The van der Waals surface area contributed by atoms with Crippen molar-refractivity contribution in [3.63, 3.8) is 0 Å². The van der Waals surface area contributed by atoms with Gasteiger partial charge in [-0.2, -0.15) is 0 Å². The van der Waals surface area contributed by atoms with Crippen molar-refractivity contribution < 1.29 is 9.32 Å². The fourth-order valence-corrected chi connectivity index (χ4v) is 1.74. The van der Waals surface area contributed by atoms with Crippen molar-refractivity contribution in [2.45, 2.75) is 6.54 Å². The topological polar surface area (TPSA) is 72.4 Å². The maximum absolute atomic E-state index is 11.9. The summed E-state index contributed by atoms with van der Waals surface area (Å²) in [5.74, 6) is -0.234. The number of nitrogens with two attached hydrogens (primary N) is 1. The maximum Gasteiger partial charge on any atom is 0.276 e. The zero-order valence-electron chi connectivity index (χ0n) is 9.76. The van der Waals surface area contributed by atoms with E-state index in [0.29, 0.717) is 17.3 Å². The standard InChI is InChI=1S/C12H12ClN3O2/c1-16(12(17)11-4-5-18-15-11)7-8-6-9(14)2-3-10(8)13/h2-6H,7,14H2,1H3. The van der Waals surface area contributed by atoms with Crippen LogP contribution < -0.4 is 5.73 Å². The van der Waals surface area contributed by atoms with Crippen LogP contribution >= 0.6 is 11.6 Å². The van der Waals surface area contributed by atoms with Crippen LogP contribution in [0.15, 0.2) is 35.1 Å². The van der Waals surface area contributed by atoms with Crippen LogP contribution in [-0.2, 0) is 6.54 Å². The molecule has 2 aromatic rings. The van der Waals surface area contributed by atoms with E-state index in [1.807, 2.05) is 0 Å². The number of aromatic nitrogens is 1. The number of amides is 1. The van der Waals surface area contributed by atoms with Crippen LogP contribution in [0, 0.1) is 0 Å². The summed E-state index contributed by atoms with van der Waals surface area (Å²) in [6, 6.07) is 6.68. The molecule has 94 valence electrons. The van der Waals surface area contributed by atoms with E-state index >= 15 is 0 Å². The summed E-state index contributed by atoms with van der Waals surface area (Å²) in [7, 11) is 1.66. The van der Waals surface area contributed by atoms with E-state index < -0.39 is 0 Å². The maximum atomic E-state index is 11.9. The molecule has 2 rings (SSSR count). The van der Waals surface area contributed by atoms with E-state index in [1.54, 1.807) is 25.2 Å². The van der Waals surface area contributed by atoms with Crippen LogP contribution in [0.5, 0.6) is 0 Å². The number of nitrogens with zero attached hydrogens (tertiary/aromatic N) is 2. The van der Waals surface area contributed by atoms with Crippen LogP contribution in [0.1, 0.15) is 16.1 Å². The Balaban J connectivity index is 2.14. The molecule has 2 N–H and O–H groups in total. The van der Waals surface area contributed by atoms with Crippen molar-refractivity contribution in [3.8, 4) is 0 Å². The van der Waals surface area contributed by atoms with Crippen LogP contribution in [0.2, 0.25) is 5.02 Å². The highest BCUT2D eigenvalue weighted by Gasteiger charge is 2.15. The summed E-state index contributed by atoms with van der Waals surface area (Å²) in [5, 5.41) is 4.17. The second-order valence-corrected chi connectivity index (χ2v) is 4.30. The smallest absolute Gasteiger partial charge is 0.276 e. The van der Waals surface area contributed by atoms with Gasteiger partial charge in [0.05, 0.1) is 0 Å². The zero-order chi connectivity index (χ0) is 13.1. The number of benzene rings is 1. The summed E-state index contributed by atoms with van der Waals surface area (Å²) in [4.78, 5) is 13.4. The van der Waals surface area contributed by atoms with Crippen LogP contribution in [0.3, 0.4) is 0 Å². The lowest BCUT2D eigenvalue weighted by Gasteiger charge is -2.16. The Kier molecular flexibility index (Phi) is 3.53. The Bertz CT molecular complexity index is 554. The Labute approximate surface area is 109 Å². The minimum Gasteiger partial charge on any atom is -0.399 e. The predicted octanol–water partition coefficient (Wildman–Crippen LogP) is 2.18. The normalized spacial score (nSPS) is 10.3. The molecule has 0 spiro atoms. The second kappa shape index (κ2) is 5.10. The number of anilines is 1. The predicted molar refractivity (Wildman–Crippen MR) is 68.2 cm³/mol. The molecule has 0 unspecified atom stereocenters. The third-order valence-electron chi connectivity index (χ3n) is 2.48. The van der Waals surface area contributed by atoms with Gasteiger partial charge >= 0.3 is 0 Å². The molecular weight excluding hydrogens is 254 g/mol. The molecule has 5 nitrogen and oxygen atoms in total. The number of hydrogen-bond donors (Lipinski definition) is 1. The summed E-state index contributed by atoms with van der Waals surface area (Å²) in [6.45, 7) is 0.357. The van der Waals surface area contributed by atoms with Gasteiger partial charge in [-0.3, -0.25) is 4.79 Å². The minimum atomic E-state index is -0.234. The van der Waals surface area contributed by atoms with E-state index in [-0.39, 0.29) is 11.6 Å². The van der Waals surface area contributed by atoms with Gasteiger partial charge in [-0.25, -0.2) is 0 Å². The Morgan fingerprint density at radius 1 is 1.50 bits per heavy atom. The number of rotatable bonds is 3. The van der Waals surface area contributed by atoms with Crippen molar-refractivity contribution in [1.29, 1.82) is 0 Å². The number of carbonyl (C=O) groups excluding carboxylic acids is 1. The molecule has 0 saturated heterocycles. The van der Waals surface area contributed by atoms with E-state index in [1.165, 1.54) is 17.2 Å². The molecule has 1 aromatic heterocycles. The molecule has 6 heteroatoms. The molecule has 1 heterocycles. The fraction of sp³-hybridized carbons (Fsp3) is 0.167. The van der Waals surface area contributed by atoms with Gasteiger partial charge in [0.25, 0.3) is 5.91 Å². The van der Waals surface area contributed by atoms with Crippen molar-refractivity contribution in [2.24, 2.45) is 0 Å². The van der Waals surface area contributed by atoms with Crippen molar-refractivity contribution in [3.05, 3.63) is 46.8 Å². The molecule has 0 fully saturated rings. The molecule has 0 saturated carbocycles. The highest BCUT2D eigenvalue weighted by molar-refractivity contribution is 6.31. The van der Waals surface area contributed by atoms with Crippen LogP contribution in [0.25, 0.3) is 0 Å². The Morgan fingerprint density at radius 2 is 2.28 bits per heavy atom. The molecule has 1 aromatic carbocycles. The third kappa shape index (κ3) is 2.62. The van der Waals surface area contributed by atoms with Gasteiger partial charge in [0.15, 0.2) is 5.69 Å². The lowest BCUT2D eigenvalue weighted by Crippen LogP contribution is -2.26. The molecule has 1 amide bonds. The molecule has 0 aliphatic heterocycles. The van der Waals surface area contributed by atoms with E-state index in [4.69, 9.17) is 17.3 Å². The quantitative estimate of drug-likeness (QED) is 0.864. The van der Waals surface area contributed by atoms with Crippen LogP contribution in [-0.4, -0.2) is 23.0 Å². The average molecular weight is 266 g/mol. The number of carbonyl (C=O) groups is 1. The molecule has 0 radical (unpaired) electrons. The lowest BCUT2D eigenvalue weighted by molar-refractivity contribution is 0.0775. The molecular formula is C12H12ClN3O2. The van der Waals surface area contributed by atoms with Gasteiger partial charge in [-0.05, 0) is 23.8 Å². The van der Waals surface area contributed by atoms with E-state index in [2.05, 4.69) is 9.68 Å². The SMILES string of the molecule is CN(Cc1cc(N)ccc1Cl)C(=O)c1ccon1. The first kappa shape index (κ1) is 12.4. The first-order chi connectivity index (χ1) is 8.58. The highest BCUT2D eigenvalue weighted by Crippen LogP contribution is 2.20. The highest BCUT2D eigenvalue weighted by atomic mass is 35.5. The van der Waals surface area contributed by atoms with Crippen molar-refractivity contribution in [2.75, 3.05) is 12.8 Å². The molecule has 0 aliphatic rings. The summed E-state index contributed by atoms with van der Waals surface area (Å²) >= 11 is 6.04. The van der Waals surface area contributed by atoms with Crippen molar-refractivity contribution in [1.82, 2.24) is 10.1 Å². The summed E-state index contributed by atoms with van der Waals surface area (Å²) in [5.41, 5.74) is 7.34. The van der Waals surface area contributed by atoms with E-state index in [9.17, 15) is 4.79 Å². The second-order valence-electron chi connectivity index (χ2n) is 3.90. The molecule has 18 heavy (non-hydrogen) atoms. The summed E-state index contributed by atoms with van der Waals surface area (Å²) < 4.78 is 4.64. The third-order valence-corrected chi connectivity index (χ3v) is 2.85. The van der Waals surface area contributed by atoms with Crippen LogP contribution in [0.4, 0.5) is 5.69 Å². The zero-order valence-corrected chi connectivity index (χ0v) is 10.5. The molecule has 0 aliphatic carbocycles. The Hall–Kier alpha value is -2.01. The average Bonchev–Trinajstić information content (AvgIpc) is 2.86. The number of hydrogen-bond acceptors (Lipinski definition) is 4. The molecule has 0 atom stereocenters. The first-order valence-corrected chi connectivity index (χ1v) is 5.65. The number of halogens is 1. The van der Waals surface area contributed by atoms with Gasteiger partial charge in [0.2, 0.25) is 0 Å². The lowest BCUT2D eigenvalue weighted by atomic mass is 10.2. The largest absolute Gasteiger partial charge is 0.399 e.